The van der Waals surface area contributed by atoms with Gasteiger partial charge in [-0.25, -0.2) is 4.79 Å². The highest BCUT2D eigenvalue weighted by atomic mass is 35.5. The number of carbonyl (C=O) groups is 2. The first-order chi connectivity index (χ1) is 11.6. The van der Waals surface area contributed by atoms with Gasteiger partial charge >= 0.3 is 5.97 Å². The normalized spacial score (nSPS) is 16.5. The average molecular weight is 365 g/mol. The fourth-order valence-electron chi connectivity index (χ4n) is 2.47. The maximum Gasteiger partial charge on any atom is 0.331 e. The quantitative estimate of drug-likeness (QED) is 0.662. The number of aromatic nitrogens is 2. The Kier molecular flexibility index (Phi) is 3.85. The molecular formula is C15H13ClN4O3S. The van der Waals surface area contributed by atoms with E-state index in [1.807, 2.05) is 0 Å². The number of nitrogens with zero attached hydrogens (tertiary/aromatic N) is 3. The van der Waals surface area contributed by atoms with Crippen LogP contribution in [0.3, 0.4) is 0 Å². The molecule has 0 atom stereocenters. The number of fused-ring (bicyclic) bond motifs is 1. The van der Waals surface area contributed by atoms with E-state index in [1.165, 1.54) is 11.3 Å². The largest absolute Gasteiger partial charge is 0.423 e. The Bertz CT molecular complexity index is 821. The minimum Gasteiger partial charge on any atom is -0.423 e. The number of hydrogen-bond acceptors (Lipinski definition) is 7. The van der Waals surface area contributed by atoms with Crippen LogP contribution in [0.25, 0.3) is 0 Å². The zero-order valence-corrected chi connectivity index (χ0v) is 14.1. The molecule has 0 unspecified atom stereocenters. The monoisotopic (exact) mass is 364 g/mol. The molecule has 4 rings (SSSR count). The number of hydrogen-bond donors (Lipinski definition) is 1. The predicted octanol–water partition coefficient (Wildman–Crippen LogP) is 2.43. The van der Waals surface area contributed by atoms with Crippen molar-refractivity contribution in [3.8, 4) is 5.75 Å². The Morgan fingerprint density at radius 3 is 3.04 bits per heavy atom. The maximum absolute atomic E-state index is 12.3. The highest BCUT2D eigenvalue weighted by Crippen LogP contribution is 2.42. The van der Waals surface area contributed by atoms with Gasteiger partial charge in [0.2, 0.25) is 11.0 Å². The van der Waals surface area contributed by atoms with Crippen molar-refractivity contribution in [1.29, 1.82) is 0 Å². The van der Waals surface area contributed by atoms with E-state index in [4.69, 9.17) is 16.3 Å². The van der Waals surface area contributed by atoms with E-state index < -0.39 is 5.97 Å². The highest BCUT2D eigenvalue weighted by molar-refractivity contribution is 7.15. The summed E-state index contributed by atoms with van der Waals surface area (Å²) in [6.45, 7) is -0.00894. The molecule has 1 fully saturated rings. The van der Waals surface area contributed by atoms with Crippen molar-refractivity contribution >= 4 is 45.6 Å². The molecule has 1 amide bonds. The Hall–Kier alpha value is -2.19. The van der Waals surface area contributed by atoms with Crippen LogP contribution < -0.4 is 15.0 Å². The molecule has 0 bridgehead atoms. The van der Waals surface area contributed by atoms with E-state index in [2.05, 4.69) is 15.5 Å². The molecule has 0 radical (unpaired) electrons. The van der Waals surface area contributed by atoms with E-state index >= 15 is 0 Å². The summed E-state index contributed by atoms with van der Waals surface area (Å²) in [5, 5.41) is 12.8. The molecular weight excluding hydrogens is 352 g/mol. The zero-order chi connectivity index (χ0) is 16.7. The van der Waals surface area contributed by atoms with Crippen molar-refractivity contribution < 1.29 is 14.3 Å². The van der Waals surface area contributed by atoms with Gasteiger partial charge in [-0.3, -0.25) is 10.1 Å². The van der Waals surface area contributed by atoms with Crippen LogP contribution in [-0.2, 0) is 9.59 Å². The second kappa shape index (κ2) is 6.03. The van der Waals surface area contributed by atoms with Gasteiger partial charge in [0.15, 0.2) is 5.75 Å². The maximum atomic E-state index is 12.3. The van der Waals surface area contributed by atoms with E-state index in [0.29, 0.717) is 27.5 Å². The molecule has 7 nitrogen and oxygen atoms in total. The van der Waals surface area contributed by atoms with Crippen LogP contribution in [0.2, 0.25) is 5.02 Å². The van der Waals surface area contributed by atoms with Gasteiger partial charge in [-0.05, 0) is 31.0 Å². The van der Waals surface area contributed by atoms with Crippen molar-refractivity contribution in [3.63, 3.8) is 0 Å². The van der Waals surface area contributed by atoms with Crippen LogP contribution in [-0.4, -0.2) is 35.2 Å². The Morgan fingerprint density at radius 2 is 2.25 bits per heavy atom. The first-order valence-corrected chi connectivity index (χ1v) is 8.66. The smallest absolute Gasteiger partial charge is 0.331 e. The highest BCUT2D eigenvalue weighted by Gasteiger charge is 2.29. The molecule has 124 valence electrons. The number of rotatable bonds is 4. The van der Waals surface area contributed by atoms with Gasteiger partial charge in [0.25, 0.3) is 0 Å². The van der Waals surface area contributed by atoms with Crippen molar-refractivity contribution in [3.05, 3.63) is 28.2 Å². The molecule has 2 heterocycles. The number of carbonyl (C=O) groups excluding carboxylic acids is 2. The SMILES string of the molecule is O=C(CN1CC(=O)Oc2ccc(Cl)cc21)Nc1nnc(C2CC2)s1. The van der Waals surface area contributed by atoms with Crippen molar-refractivity contribution in [1.82, 2.24) is 10.2 Å². The lowest BCUT2D eigenvalue weighted by molar-refractivity contribution is -0.133. The van der Waals surface area contributed by atoms with Gasteiger partial charge in [0, 0.05) is 10.9 Å². The summed E-state index contributed by atoms with van der Waals surface area (Å²) in [5.74, 6) is 0.216. The second-order valence-electron chi connectivity index (χ2n) is 5.71. The standard InChI is InChI=1S/C15H13ClN4O3S/c16-9-3-4-11-10(5-9)20(7-13(22)23-11)6-12(21)17-15-19-18-14(24-15)8-1-2-8/h3-5,8H,1-2,6-7H2,(H,17,19,21). The van der Waals surface area contributed by atoms with Gasteiger partial charge in [-0.15, -0.1) is 10.2 Å². The number of amides is 1. The lowest BCUT2D eigenvalue weighted by atomic mass is 10.2. The van der Waals surface area contributed by atoms with Crippen LogP contribution in [0.1, 0.15) is 23.8 Å². The number of anilines is 2. The van der Waals surface area contributed by atoms with E-state index in [-0.39, 0.29) is 19.0 Å². The Balaban J connectivity index is 1.46. The third-order valence-corrected chi connectivity index (χ3v) is 4.99. The molecule has 1 N–H and O–H groups in total. The van der Waals surface area contributed by atoms with E-state index in [9.17, 15) is 9.59 Å². The molecule has 2 aromatic rings. The topological polar surface area (TPSA) is 84.4 Å². The first-order valence-electron chi connectivity index (χ1n) is 7.47. The first kappa shape index (κ1) is 15.3. The minimum absolute atomic E-state index is 0.000778. The summed E-state index contributed by atoms with van der Waals surface area (Å²) in [5.41, 5.74) is 0.619. The lowest BCUT2D eigenvalue weighted by Crippen LogP contribution is -2.41. The van der Waals surface area contributed by atoms with Gasteiger partial charge in [-0.2, -0.15) is 0 Å². The molecule has 2 aliphatic rings. The summed E-state index contributed by atoms with van der Waals surface area (Å²) >= 11 is 7.40. The fraction of sp³-hybridized carbons (Fsp3) is 0.333. The molecule has 1 aromatic carbocycles. The summed E-state index contributed by atoms with van der Waals surface area (Å²) in [4.78, 5) is 25.6. The number of benzene rings is 1. The number of nitrogens with one attached hydrogen (secondary N) is 1. The predicted molar refractivity (Wildman–Crippen MR) is 89.8 cm³/mol. The molecule has 9 heteroatoms. The number of ether oxygens (including phenoxy) is 1. The molecule has 1 aliphatic carbocycles. The van der Waals surface area contributed by atoms with Gasteiger partial charge in [0.05, 0.1) is 12.2 Å². The lowest BCUT2D eigenvalue weighted by Gasteiger charge is -2.29. The van der Waals surface area contributed by atoms with Crippen LogP contribution in [0, 0.1) is 0 Å². The number of esters is 1. The van der Waals surface area contributed by atoms with Crippen molar-refractivity contribution in [2.45, 2.75) is 18.8 Å². The Morgan fingerprint density at radius 1 is 1.42 bits per heavy atom. The van der Waals surface area contributed by atoms with E-state index in [0.717, 1.165) is 17.8 Å². The average Bonchev–Trinajstić information content (AvgIpc) is 3.28. The zero-order valence-electron chi connectivity index (χ0n) is 12.5. The molecule has 1 aliphatic heterocycles. The van der Waals surface area contributed by atoms with Crippen LogP contribution in [0.5, 0.6) is 5.75 Å². The van der Waals surface area contributed by atoms with E-state index in [1.54, 1.807) is 23.1 Å². The van der Waals surface area contributed by atoms with Crippen molar-refractivity contribution in [2.75, 3.05) is 23.3 Å². The Labute approximate surface area is 146 Å². The molecule has 1 aromatic heterocycles. The van der Waals surface area contributed by atoms with Crippen LogP contribution in [0.15, 0.2) is 18.2 Å². The second-order valence-corrected chi connectivity index (χ2v) is 7.16. The third kappa shape index (κ3) is 3.20. The summed E-state index contributed by atoms with van der Waals surface area (Å²) < 4.78 is 5.16. The molecule has 1 saturated carbocycles. The van der Waals surface area contributed by atoms with Crippen LogP contribution >= 0.6 is 22.9 Å². The molecule has 0 spiro atoms. The van der Waals surface area contributed by atoms with Gasteiger partial charge in [-0.1, -0.05) is 22.9 Å². The van der Waals surface area contributed by atoms with Gasteiger partial charge in [0.1, 0.15) is 11.6 Å². The molecule has 0 saturated heterocycles. The molecule has 24 heavy (non-hydrogen) atoms. The summed E-state index contributed by atoms with van der Waals surface area (Å²) in [6, 6.07) is 4.93. The fourth-order valence-corrected chi connectivity index (χ4v) is 3.57. The van der Waals surface area contributed by atoms with Gasteiger partial charge < -0.3 is 9.64 Å². The number of halogens is 1. The summed E-state index contributed by atoms with van der Waals surface area (Å²) in [7, 11) is 0. The minimum atomic E-state index is -0.412. The third-order valence-electron chi connectivity index (χ3n) is 3.75. The summed E-state index contributed by atoms with van der Waals surface area (Å²) in [6.07, 6.45) is 2.27. The van der Waals surface area contributed by atoms with Crippen molar-refractivity contribution in [2.24, 2.45) is 0 Å². The van der Waals surface area contributed by atoms with Crippen LogP contribution in [0.4, 0.5) is 10.8 Å².